The first-order valence-electron chi connectivity index (χ1n) is 6.26. The lowest BCUT2D eigenvalue weighted by Gasteiger charge is -2.08. The summed E-state index contributed by atoms with van der Waals surface area (Å²) in [6.45, 7) is 2.07. The zero-order valence-corrected chi connectivity index (χ0v) is 10.8. The van der Waals surface area contributed by atoms with Gasteiger partial charge in [0.2, 0.25) is 5.91 Å². The van der Waals surface area contributed by atoms with Crippen LogP contribution in [-0.2, 0) is 11.0 Å². The topological polar surface area (TPSA) is 42.0 Å². The average molecular weight is 274 g/mol. The molecule has 0 bridgehead atoms. The summed E-state index contributed by atoms with van der Waals surface area (Å²) in [5, 5.41) is 2.45. The van der Waals surface area contributed by atoms with Crippen LogP contribution in [0.4, 0.5) is 18.9 Å². The molecule has 6 heteroatoms. The molecule has 0 atom stereocenters. The van der Waals surface area contributed by atoms with Crippen LogP contribution in [0.1, 0.15) is 44.7 Å². The number of rotatable bonds is 6. The fourth-order valence-electron chi connectivity index (χ4n) is 1.60. The summed E-state index contributed by atoms with van der Waals surface area (Å²) in [6, 6.07) is 2.18. The number of amides is 1. The Bertz CT molecular complexity index is 419. The Kier molecular flexibility index (Phi) is 5.79. The van der Waals surface area contributed by atoms with Crippen LogP contribution in [0, 0.1) is 0 Å². The number of carbonyl (C=O) groups excluding carboxylic acids is 1. The van der Waals surface area contributed by atoms with Crippen molar-refractivity contribution < 1.29 is 18.0 Å². The van der Waals surface area contributed by atoms with Crippen molar-refractivity contribution in [3.05, 3.63) is 24.0 Å². The van der Waals surface area contributed by atoms with Crippen LogP contribution in [0.3, 0.4) is 0 Å². The number of hydrogen-bond donors (Lipinski definition) is 1. The second-order valence-corrected chi connectivity index (χ2v) is 4.29. The summed E-state index contributed by atoms with van der Waals surface area (Å²) in [5.41, 5.74) is -0.876. The van der Waals surface area contributed by atoms with E-state index >= 15 is 0 Å². The number of carbonyl (C=O) groups is 1. The van der Waals surface area contributed by atoms with Gasteiger partial charge in [0, 0.05) is 18.3 Å². The first-order chi connectivity index (χ1) is 8.93. The second kappa shape index (κ2) is 7.11. The summed E-state index contributed by atoms with van der Waals surface area (Å²) < 4.78 is 37.3. The summed E-state index contributed by atoms with van der Waals surface area (Å²) in [5.74, 6) is -0.268. The Morgan fingerprint density at radius 3 is 2.68 bits per heavy atom. The van der Waals surface area contributed by atoms with Crippen molar-refractivity contribution in [3.8, 4) is 0 Å². The second-order valence-electron chi connectivity index (χ2n) is 4.29. The minimum absolute atomic E-state index is 0.128. The van der Waals surface area contributed by atoms with Crippen LogP contribution in [0.25, 0.3) is 0 Å². The molecule has 1 aromatic rings. The smallest absolute Gasteiger partial charge is 0.326 e. The SMILES string of the molecule is CCCCCCC(=O)Nc1ccnc(C(F)(F)F)c1. The lowest BCUT2D eigenvalue weighted by atomic mass is 10.1. The van der Waals surface area contributed by atoms with E-state index in [4.69, 9.17) is 0 Å². The Balaban J connectivity index is 2.50. The van der Waals surface area contributed by atoms with Gasteiger partial charge in [-0.25, -0.2) is 0 Å². The number of nitrogens with one attached hydrogen (secondary N) is 1. The van der Waals surface area contributed by atoms with Crippen molar-refractivity contribution in [1.29, 1.82) is 0 Å². The summed E-state index contributed by atoms with van der Waals surface area (Å²) in [4.78, 5) is 14.8. The molecule has 1 N–H and O–H groups in total. The lowest BCUT2D eigenvalue weighted by Crippen LogP contribution is -2.13. The largest absolute Gasteiger partial charge is 0.433 e. The van der Waals surface area contributed by atoms with Crippen LogP contribution in [0.15, 0.2) is 18.3 Å². The molecule has 3 nitrogen and oxygen atoms in total. The van der Waals surface area contributed by atoms with E-state index in [9.17, 15) is 18.0 Å². The average Bonchev–Trinajstić information content (AvgIpc) is 2.34. The highest BCUT2D eigenvalue weighted by Crippen LogP contribution is 2.28. The molecule has 0 aliphatic rings. The van der Waals surface area contributed by atoms with Crippen molar-refractivity contribution in [2.75, 3.05) is 5.32 Å². The Morgan fingerprint density at radius 1 is 1.32 bits per heavy atom. The van der Waals surface area contributed by atoms with Gasteiger partial charge in [0.15, 0.2) is 0 Å². The number of halogens is 3. The van der Waals surface area contributed by atoms with Crippen molar-refractivity contribution in [2.45, 2.75) is 45.2 Å². The standard InChI is InChI=1S/C13H17F3N2O/c1-2-3-4-5-6-12(19)18-10-7-8-17-11(9-10)13(14,15)16/h7-9H,2-6H2,1H3,(H,17,18,19). The van der Waals surface area contributed by atoms with E-state index in [2.05, 4.69) is 17.2 Å². The molecule has 0 unspecified atom stereocenters. The first-order valence-corrected chi connectivity index (χ1v) is 6.26. The van der Waals surface area contributed by atoms with Gasteiger partial charge in [-0.15, -0.1) is 0 Å². The van der Waals surface area contributed by atoms with Gasteiger partial charge in [-0.1, -0.05) is 26.2 Å². The third kappa shape index (κ3) is 5.72. The molecular formula is C13H17F3N2O. The molecule has 0 aliphatic carbocycles. The molecule has 0 fully saturated rings. The number of anilines is 1. The Hall–Kier alpha value is -1.59. The first kappa shape index (κ1) is 15.5. The molecule has 1 aromatic heterocycles. The van der Waals surface area contributed by atoms with Crippen LogP contribution < -0.4 is 5.32 Å². The van der Waals surface area contributed by atoms with Gasteiger partial charge in [0.25, 0.3) is 0 Å². The van der Waals surface area contributed by atoms with Crippen molar-refractivity contribution in [3.63, 3.8) is 0 Å². The third-order valence-corrected chi connectivity index (χ3v) is 2.59. The van der Waals surface area contributed by atoms with E-state index in [-0.39, 0.29) is 11.6 Å². The minimum atomic E-state index is -4.50. The summed E-state index contributed by atoms with van der Waals surface area (Å²) >= 11 is 0. The molecule has 19 heavy (non-hydrogen) atoms. The van der Waals surface area contributed by atoms with Crippen molar-refractivity contribution in [1.82, 2.24) is 4.98 Å². The van der Waals surface area contributed by atoms with E-state index in [0.29, 0.717) is 6.42 Å². The molecule has 0 aromatic carbocycles. The van der Waals surface area contributed by atoms with Gasteiger partial charge in [0.05, 0.1) is 0 Å². The Morgan fingerprint density at radius 2 is 2.05 bits per heavy atom. The van der Waals surface area contributed by atoms with Crippen LogP contribution in [0.5, 0.6) is 0 Å². The van der Waals surface area contributed by atoms with Gasteiger partial charge in [-0.05, 0) is 18.6 Å². The number of nitrogens with zero attached hydrogens (tertiary/aromatic N) is 1. The highest BCUT2D eigenvalue weighted by molar-refractivity contribution is 5.90. The van der Waals surface area contributed by atoms with Gasteiger partial charge in [-0.2, -0.15) is 13.2 Å². The molecule has 0 spiro atoms. The molecule has 1 rings (SSSR count). The number of alkyl halides is 3. The summed E-state index contributed by atoms with van der Waals surface area (Å²) in [6.07, 6.45) is 0.688. The monoisotopic (exact) mass is 274 g/mol. The number of aromatic nitrogens is 1. The van der Waals surface area contributed by atoms with Gasteiger partial charge in [-0.3, -0.25) is 9.78 Å². The fraction of sp³-hybridized carbons (Fsp3) is 0.538. The zero-order valence-electron chi connectivity index (χ0n) is 10.8. The summed E-state index contributed by atoms with van der Waals surface area (Å²) in [7, 11) is 0. The van der Waals surface area contributed by atoms with E-state index in [1.807, 2.05) is 0 Å². The van der Waals surface area contributed by atoms with Crippen molar-refractivity contribution >= 4 is 11.6 Å². The van der Waals surface area contributed by atoms with Crippen LogP contribution in [0.2, 0.25) is 0 Å². The molecule has 0 saturated heterocycles. The number of unbranched alkanes of at least 4 members (excludes halogenated alkanes) is 3. The van der Waals surface area contributed by atoms with E-state index in [1.54, 1.807) is 0 Å². The van der Waals surface area contributed by atoms with Gasteiger partial charge in [0.1, 0.15) is 5.69 Å². The molecular weight excluding hydrogens is 257 g/mol. The van der Waals surface area contributed by atoms with Crippen LogP contribution >= 0.6 is 0 Å². The maximum absolute atomic E-state index is 12.4. The predicted octanol–water partition coefficient (Wildman–Crippen LogP) is 4.01. The molecule has 0 saturated carbocycles. The lowest BCUT2D eigenvalue weighted by molar-refractivity contribution is -0.141. The van der Waals surface area contributed by atoms with Gasteiger partial charge < -0.3 is 5.32 Å². The third-order valence-electron chi connectivity index (χ3n) is 2.59. The normalized spacial score (nSPS) is 11.4. The quantitative estimate of drug-likeness (QED) is 0.796. The Labute approximate surface area is 110 Å². The maximum atomic E-state index is 12.4. The molecule has 0 aliphatic heterocycles. The van der Waals surface area contributed by atoms with Crippen LogP contribution in [-0.4, -0.2) is 10.9 Å². The van der Waals surface area contributed by atoms with Crippen molar-refractivity contribution in [2.24, 2.45) is 0 Å². The maximum Gasteiger partial charge on any atom is 0.433 e. The number of pyridine rings is 1. The fourth-order valence-corrected chi connectivity index (χ4v) is 1.60. The van der Waals surface area contributed by atoms with Gasteiger partial charge >= 0.3 is 6.18 Å². The highest BCUT2D eigenvalue weighted by Gasteiger charge is 2.32. The predicted molar refractivity (Wildman–Crippen MR) is 66.6 cm³/mol. The molecule has 106 valence electrons. The molecule has 0 radical (unpaired) electrons. The number of hydrogen-bond acceptors (Lipinski definition) is 2. The van der Waals surface area contributed by atoms with E-state index < -0.39 is 11.9 Å². The van der Waals surface area contributed by atoms with E-state index in [1.165, 1.54) is 6.07 Å². The molecule has 1 amide bonds. The highest BCUT2D eigenvalue weighted by atomic mass is 19.4. The zero-order chi connectivity index (χ0) is 14.3. The van der Waals surface area contributed by atoms with E-state index in [0.717, 1.165) is 37.9 Å². The minimum Gasteiger partial charge on any atom is -0.326 e. The molecule has 1 heterocycles.